The Kier molecular flexibility index (Phi) is 4.22. The zero-order valence-electron chi connectivity index (χ0n) is 14.4. The first kappa shape index (κ1) is 17.6. The topological polar surface area (TPSA) is 98.7 Å². The van der Waals surface area contributed by atoms with E-state index in [2.05, 4.69) is 20.1 Å². The number of ether oxygens (including phenoxy) is 1. The molecular weight excluding hydrogens is 374 g/mol. The minimum absolute atomic E-state index is 0.0818. The van der Waals surface area contributed by atoms with Crippen LogP contribution >= 0.6 is 0 Å². The van der Waals surface area contributed by atoms with E-state index < -0.39 is 29.1 Å². The first-order valence-corrected chi connectivity index (χ1v) is 8.05. The Labute approximate surface area is 155 Å². The molecule has 142 valence electrons. The summed E-state index contributed by atoms with van der Waals surface area (Å²) in [5.41, 5.74) is -0.166. The number of esters is 1. The fourth-order valence-corrected chi connectivity index (χ4v) is 2.80. The summed E-state index contributed by atoms with van der Waals surface area (Å²) >= 11 is 0. The number of benzene rings is 1. The van der Waals surface area contributed by atoms with Gasteiger partial charge in [-0.25, -0.2) is 23.1 Å². The van der Waals surface area contributed by atoms with Gasteiger partial charge in [0.25, 0.3) is 5.91 Å². The van der Waals surface area contributed by atoms with Gasteiger partial charge in [-0.2, -0.15) is 5.10 Å². The zero-order chi connectivity index (χ0) is 19.8. The van der Waals surface area contributed by atoms with Gasteiger partial charge in [-0.3, -0.25) is 4.79 Å². The Morgan fingerprint density at radius 2 is 2.14 bits per heavy atom. The number of hydrogen-bond acceptors (Lipinski definition) is 6. The van der Waals surface area contributed by atoms with Crippen LogP contribution in [-0.2, 0) is 11.3 Å². The molecule has 28 heavy (non-hydrogen) atoms. The largest absolute Gasteiger partial charge is 0.465 e. The minimum atomic E-state index is -1.36. The molecule has 0 fully saturated rings. The van der Waals surface area contributed by atoms with Crippen molar-refractivity contribution in [1.29, 1.82) is 0 Å². The van der Waals surface area contributed by atoms with Crippen molar-refractivity contribution in [3.8, 4) is 0 Å². The molecule has 0 unspecified atom stereocenters. The van der Waals surface area contributed by atoms with Crippen molar-refractivity contribution < 1.29 is 27.5 Å². The molecule has 1 N–H and O–H groups in total. The molecule has 0 aliphatic rings. The predicted octanol–water partition coefficient (Wildman–Crippen LogP) is 2.47. The second-order valence-corrected chi connectivity index (χ2v) is 5.80. The van der Waals surface area contributed by atoms with Gasteiger partial charge in [-0.1, -0.05) is 0 Å². The Bertz CT molecular complexity index is 1230. The lowest BCUT2D eigenvalue weighted by molar-refractivity contribution is 0.0595. The fraction of sp³-hybridized carbons (Fsp3) is 0.111. The molecule has 4 rings (SSSR count). The van der Waals surface area contributed by atoms with E-state index in [-0.39, 0.29) is 28.8 Å². The average molecular weight is 386 g/mol. The monoisotopic (exact) mass is 386 g/mol. The first-order valence-electron chi connectivity index (χ1n) is 8.05. The smallest absolute Gasteiger partial charge is 0.344 e. The van der Waals surface area contributed by atoms with E-state index in [0.29, 0.717) is 5.65 Å². The van der Waals surface area contributed by atoms with E-state index in [9.17, 15) is 18.4 Å². The summed E-state index contributed by atoms with van der Waals surface area (Å²) in [4.78, 5) is 28.3. The number of rotatable bonds is 4. The lowest BCUT2D eigenvalue weighted by atomic mass is 10.1. The van der Waals surface area contributed by atoms with Crippen LogP contribution in [0.15, 0.2) is 41.2 Å². The first-order chi connectivity index (χ1) is 13.5. The van der Waals surface area contributed by atoms with E-state index in [4.69, 9.17) is 4.42 Å². The van der Waals surface area contributed by atoms with Crippen molar-refractivity contribution in [3.05, 3.63) is 65.3 Å². The average Bonchev–Trinajstić information content (AvgIpc) is 3.30. The quantitative estimate of drug-likeness (QED) is 0.541. The number of fused-ring (bicyclic) bond motifs is 2. The highest BCUT2D eigenvalue weighted by atomic mass is 19.2. The van der Waals surface area contributed by atoms with Crippen LogP contribution in [0.4, 0.5) is 8.78 Å². The third kappa shape index (κ3) is 2.84. The molecule has 1 amide bonds. The maximum absolute atomic E-state index is 14.0. The van der Waals surface area contributed by atoms with Crippen molar-refractivity contribution in [2.24, 2.45) is 0 Å². The molecule has 0 saturated heterocycles. The number of furan rings is 1. The number of nitrogens with one attached hydrogen (secondary N) is 1. The normalized spacial score (nSPS) is 11.1. The van der Waals surface area contributed by atoms with Gasteiger partial charge in [0.05, 0.1) is 19.9 Å². The number of aromatic nitrogens is 3. The highest BCUT2D eigenvalue weighted by Gasteiger charge is 2.24. The molecule has 8 nitrogen and oxygen atoms in total. The number of amides is 1. The van der Waals surface area contributed by atoms with Gasteiger partial charge in [0, 0.05) is 17.8 Å². The molecule has 0 saturated carbocycles. The van der Waals surface area contributed by atoms with E-state index in [1.54, 1.807) is 12.3 Å². The maximum Gasteiger partial charge on any atom is 0.344 e. The van der Waals surface area contributed by atoms with Crippen LogP contribution in [0.25, 0.3) is 16.6 Å². The minimum Gasteiger partial charge on any atom is -0.465 e. The number of carbonyl (C=O) groups excluding carboxylic acids is 2. The summed E-state index contributed by atoms with van der Waals surface area (Å²) < 4.78 is 39.1. The van der Waals surface area contributed by atoms with E-state index in [0.717, 1.165) is 13.2 Å². The molecule has 0 aliphatic heterocycles. The van der Waals surface area contributed by atoms with Crippen molar-refractivity contribution in [2.45, 2.75) is 6.54 Å². The number of methoxy groups -OCH3 is 1. The van der Waals surface area contributed by atoms with Gasteiger partial charge in [0.1, 0.15) is 16.9 Å². The van der Waals surface area contributed by atoms with E-state index >= 15 is 0 Å². The number of nitrogens with zero attached hydrogens (tertiary/aromatic N) is 3. The van der Waals surface area contributed by atoms with Gasteiger partial charge in [0.15, 0.2) is 22.9 Å². The number of hydrogen-bond donors (Lipinski definition) is 1. The molecule has 0 radical (unpaired) electrons. The molecular formula is C18H12F2N4O4. The standard InChI is InChI=1S/C18H12F2N4O4/c1-27-18(26)13-14(20)12(19)6-9-5-10(28-15(9)13)7-22-17(25)11-8-23-24-4-2-3-21-16(11)24/h2-6,8H,7H2,1H3,(H,22,25). The Hall–Kier alpha value is -3.82. The third-order valence-corrected chi connectivity index (χ3v) is 4.09. The summed E-state index contributed by atoms with van der Waals surface area (Å²) in [5.74, 6) is -3.89. The fourth-order valence-electron chi connectivity index (χ4n) is 2.80. The summed E-state index contributed by atoms with van der Waals surface area (Å²) in [5, 5.41) is 6.81. The van der Waals surface area contributed by atoms with Crippen LogP contribution in [0.5, 0.6) is 0 Å². The summed E-state index contributed by atoms with van der Waals surface area (Å²) in [6.07, 6.45) is 4.55. The van der Waals surface area contributed by atoms with Crippen molar-refractivity contribution in [1.82, 2.24) is 19.9 Å². The Morgan fingerprint density at radius 1 is 1.32 bits per heavy atom. The van der Waals surface area contributed by atoms with Crippen molar-refractivity contribution >= 4 is 28.5 Å². The lowest BCUT2D eigenvalue weighted by Gasteiger charge is -2.03. The number of carbonyl (C=O) groups is 2. The van der Waals surface area contributed by atoms with Crippen LogP contribution < -0.4 is 5.32 Å². The van der Waals surface area contributed by atoms with Gasteiger partial charge < -0.3 is 14.5 Å². The van der Waals surface area contributed by atoms with Crippen LogP contribution in [0.2, 0.25) is 0 Å². The Morgan fingerprint density at radius 3 is 2.93 bits per heavy atom. The van der Waals surface area contributed by atoms with Crippen LogP contribution in [-0.4, -0.2) is 33.6 Å². The van der Waals surface area contributed by atoms with Crippen LogP contribution in [0.1, 0.15) is 26.5 Å². The van der Waals surface area contributed by atoms with Crippen LogP contribution in [0, 0.1) is 11.6 Å². The molecule has 3 heterocycles. The zero-order valence-corrected chi connectivity index (χ0v) is 14.4. The molecule has 1 aromatic carbocycles. The highest BCUT2D eigenvalue weighted by molar-refractivity contribution is 6.02. The van der Waals surface area contributed by atoms with E-state index in [1.807, 2.05) is 0 Å². The molecule has 10 heteroatoms. The second kappa shape index (κ2) is 6.72. The highest BCUT2D eigenvalue weighted by Crippen LogP contribution is 2.28. The number of halogens is 2. The molecule has 4 aromatic rings. The van der Waals surface area contributed by atoms with Gasteiger partial charge in [0.2, 0.25) is 0 Å². The summed E-state index contributed by atoms with van der Waals surface area (Å²) in [7, 11) is 1.05. The van der Waals surface area contributed by atoms with Crippen LogP contribution in [0.3, 0.4) is 0 Å². The molecule has 3 aromatic heterocycles. The Balaban J connectivity index is 1.62. The van der Waals surface area contributed by atoms with Gasteiger partial charge in [-0.05, 0) is 18.2 Å². The third-order valence-electron chi connectivity index (χ3n) is 4.09. The molecule has 0 spiro atoms. The van der Waals surface area contributed by atoms with Crippen molar-refractivity contribution in [2.75, 3.05) is 7.11 Å². The molecule has 0 aliphatic carbocycles. The van der Waals surface area contributed by atoms with Crippen molar-refractivity contribution in [3.63, 3.8) is 0 Å². The molecule has 0 bridgehead atoms. The maximum atomic E-state index is 14.0. The SMILES string of the molecule is COC(=O)c1c(F)c(F)cc2cc(CNC(=O)c3cnn4cccnc34)oc12. The molecule has 0 atom stereocenters. The second-order valence-electron chi connectivity index (χ2n) is 5.80. The summed E-state index contributed by atoms with van der Waals surface area (Å²) in [6, 6.07) is 3.98. The van der Waals surface area contributed by atoms with Gasteiger partial charge >= 0.3 is 5.97 Å². The van der Waals surface area contributed by atoms with Gasteiger partial charge in [-0.15, -0.1) is 0 Å². The van der Waals surface area contributed by atoms with E-state index in [1.165, 1.54) is 23.0 Å². The summed E-state index contributed by atoms with van der Waals surface area (Å²) in [6.45, 7) is -0.0818. The lowest BCUT2D eigenvalue weighted by Crippen LogP contribution is -2.22. The predicted molar refractivity (Wildman–Crippen MR) is 91.6 cm³/mol.